The van der Waals surface area contributed by atoms with E-state index in [9.17, 15) is 9.18 Å². The topological polar surface area (TPSA) is 50.4 Å². The number of hydrogen-bond donors (Lipinski definition) is 2. The fourth-order valence-corrected chi connectivity index (χ4v) is 3.15. The van der Waals surface area contributed by atoms with Gasteiger partial charge in [-0.2, -0.15) is 0 Å². The Balaban J connectivity index is 1.85. The number of nitrogens with one attached hydrogen (secondary N) is 2. The summed E-state index contributed by atoms with van der Waals surface area (Å²) in [5.74, 6) is 0.455. The third-order valence-electron chi connectivity index (χ3n) is 4.61. The second kappa shape index (κ2) is 8.12. The van der Waals surface area contributed by atoms with E-state index in [0.717, 1.165) is 36.3 Å². The Kier molecular flexibility index (Phi) is 5.66. The number of methoxy groups -OCH3 is 1. The Labute approximate surface area is 147 Å². The fourth-order valence-electron chi connectivity index (χ4n) is 3.15. The molecule has 1 amide bonds. The molecule has 2 aromatic carbocycles. The van der Waals surface area contributed by atoms with Gasteiger partial charge in [0.15, 0.2) is 0 Å². The first kappa shape index (κ1) is 17.4. The van der Waals surface area contributed by atoms with Crippen molar-refractivity contribution in [1.82, 2.24) is 10.6 Å². The highest BCUT2D eigenvalue weighted by Gasteiger charge is 2.24. The molecular formula is C20H23FN2O2. The van der Waals surface area contributed by atoms with Crippen molar-refractivity contribution in [1.29, 1.82) is 0 Å². The molecule has 1 heterocycles. The Bertz CT molecular complexity index is 695. The van der Waals surface area contributed by atoms with Gasteiger partial charge in [-0.25, -0.2) is 4.39 Å². The van der Waals surface area contributed by atoms with Gasteiger partial charge in [0.25, 0.3) is 0 Å². The average Bonchev–Trinajstić information content (AvgIpc) is 2.67. The van der Waals surface area contributed by atoms with Crippen molar-refractivity contribution in [2.45, 2.75) is 18.9 Å². The number of ether oxygens (including phenoxy) is 1. The van der Waals surface area contributed by atoms with Crippen molar-refractivity contribution in [2.75, 3.05) is 20.2 Å². The summed E-state index contributed by atoms with van der Waals surface area (Å²) in [5, 5.41) is 6.40. The minimum atomic E-state index is -0.319. The number of hydrogen-bond acceptors (Lipinski definition) is 3. The highest BCUT2D eigenvalue weighted by atomic mass is 19.1. The molecule has 2 N–H and O–H groups in total. The zero-order chi connectivity index (χ0) is 17.6. The molecule has 1 saturated heterocycles. The summed E-state index contributed by atoms with van der Waals surface area (Å²) < 4.78 is 18.5. The minimum Gasteiger partial charge on any atom is -0.497 e. The number of carbonyl (C=O) groups excluding carboxylic acids is 1. The van der Waals surface area contributed by atoms with Gasteiger partial charge in [-0.05, 0) is 54.8 Å². The van der Waals surface area contributed by atoms with E-state index < -0.39 is 0 Å². The van der Waals surface area contributed by atoms with Crippen LogP contribution in [0.15, 0.2) is 48.5 Å². The van der Waals surface area contributed by atoms with Crippen LogP contribution in [0.3, 0.4) is 0 Å². The molecule has 0 aliphatic carbocycles. The Morgan fingerprint density at radius 1 is 1.16 bits per heavy atom. The second-order valence-corrected chi connectivity index (χ2v) is 6.31. The summed E-state index contributed by atoms with van der Waals surface area (Å²) in [6, 6.07) is 13.5. The summed E-state index contributed by atoms with van der Waals surface area (Å²) in [4.78, 5) is 12.7. The summed E-state index contributed by atoms with van der Waals surface area (Å²) in [5.41, 5.74) is 1.79. The number of benzene rings is 2. The summed E-state index contributed by atoms with van der Waals surface area (Å²) in [6.45, 7) is 1.66. The van der Waals surface area contributed by atoms with Crippen LogP contribution in [0.1, 0.15) is 30.0 Å². The standard InChI is InChI=1S/C20H23FN2O2/c1-25-18-10-6-15(7-11-18)19(14-4-8-17(21)9-5-14)23-20(24)16-3-2-12-22-13-16/h4-11,16,19,22H,2-3,12-13H2,1H3,(H,23,24). The molecule has 0 spiro atoms. The van der Waals surface area contributed by atoms with Gasteiger partial charge in [0, 0.05) is 6.54 Å². The summed E-state index contributed by atoms with van der Waals surface area (Å²) in [7, 11) is 1.62. The normalized spacial score (nSPS) is 18.4. The van der Waals surface area contributed by atoms with E-state index in [2.05, 4.69) is 10.6 Å². The van der Waals surface area contributed by atoms with Gasteiger partial charge >= 0.3 is 0 Å². The molecule has 2 aromatic rings. The van der Waals surface area contributed by atoms with E-state index in [0.29, 0.717) is 6.54 Å². The molecule has 1 fully saturated rings. The zero-order valence-corrected chi connectivity index (χ0v) is 14.3. The quantitative estimate of drug-likeness (QED) is 0.878. The van der Waals surface area contributed by atoms with Crippen molar-refractivity contribution in [3.63, 3.8) is 0 Å². The van der Waals surface area contributed by atoms with Gasteiger partial charge in [0.2, 0.25) is 5.91 Å². The lowest BCUT2D eigenvalue weighted by Crippen LogP contribution is -2.42. The van der Waals surface area contributed by atoms with Crippen molar-refractivity contribution < 1.29 is 13.9 Å². The van der Waals surface area contributed by atoms with Crippen LogP contribution >= 0.6 is 0 Å². The first-order valence-corrected chi connectivity index (χ1v) is 8.58. The van der Waals surface area contributed by atoms with Crippen LogP contribution in [0.2, 0.25) is 0 Å². The van der Waals surface area contributed by atoms with Crippen LogP contribution in [0, 0.1) is 11.7 Å². The lowest BCUT2D eigenvalue weighted by Gasteiger charge is -2.26. The minimum absolute atomic E-state index is 0.0253. The molecule has 2 atom stereocenters. The molecule has 0 bridgehead atoms. The smallest absolute Gasteiger partial charge is 0.225 e. The predicted molar refractivity (Wildman–Crippen MR) is 95.0 cm³/mol. The van der Waals surface area contributed by atoms with Gasteiger partial charge in [-0.1, -0.05) is 24.3 Å². The van der Waals surface area contributed by atoms with E-state index in [-0.39, 0.29) is 23.7 Å². The third-order valence-corrected chi connectivity index (χ3v) is 4.61. The monoisotopic (exact) mass is 342 g/mol. The Hall–Kier alpha value is -2.40. The number of piperidine rings is 1. The molecule has 1 aliphatic heterocycles. The van der Waals surface area contributed by atoms with Gasteiger partial charge in [0.1, 0.15) is 11.6 Å². The van der Waals surface area contributed by atoms with Gasteiger partial charge in [-0.3, -0.25) is 4.79 Å². The van der Waals surface area contributed by atoms with Gasteiger partial charge < -0.3 is 15.4 Å². The van der Waals surface area contributed by atoms with Crippen LogP contribution in [0.25, 0.3) is 0 Å². The molecule has 0 radical (unpaired) electrons. The maximum atomic E-state index is 13.3. The van der Waals surface area contributed by atoms with Crippen molar-refractivity contribution in [3.8, 4) is 5.75 Å². The van der Waals surface area contributed by atoms with Crippen molar-refractivity contribution in [2.24, 2.45) is 5.92 Å². The molecule has 1 aliphatic rings. The lowest BCUT2D eigenvalue weighted by atomic mass is 9.95. The van der Waals surface area contributed by atoms with E-state index >= 15 is 0 Å². The molecule has 4 nitrogen and oxygen atoms in total. The molecule has 132 valence electrons. The molecule has 2 unspecified atom stereocenters. The molecule has 0 saturated carbocycles. The van der Waals surface area contributed by atoms with Gasteiger partial charge in [-0.15, -0.1) is 0 Å². The highest BCUT2D eigenvalue weighted by Crippen LogP contribution is 2.25. The first-order valence-electron chi connectivity index (χ1n) is 8.58. The van der Waals surface area contributed by atoms with E-state index in [1.165, 1.54) is 12.1 Å². The largest absolute Gasteiger partial charge is 0.497 e. The van der Waals surface area contributed by atoms with Crippen LogP contribution in [0.5, 0.6) is 5.75 Å². The third kappa shape index (κ3) is 4.37. The van der Waals surface area contributed by atoms with Crippen molar-refractivity contribution in [3.05, 3.63) is 65.5 Å². The Morgan fingerprint density at radius 3 is 2.36 bits per heavy atom. The van der Waals surface area contributed by atoms with Crippen LogP contribution < -0.4 is 15.4 Å². The van der Waals surface area contributed by atoms with Crippen molar-refractivity contribution >= 4 is 5.91 Å². The van der Waals surface area contributed by atoms with Crippen LogP contribution in [-0.2, 0) is 4.79 Å². The number of rotatable bonds is 5. The molecule has 5 heteroatoms. The highest BCUT2D eigenvalue weighted by molar-refractivity contribution is 5.80. The summed E-state index contributed by atoms with van der Waals surface area (Å²) in [6.07, 6.45) is 1.89. The molecule has 25 heavy (non-hydrogen) atoms. The maximum Gasteiger partial charge on any atom is 0.225 e. The van der Waals surface area contributed by atoms with Crippen LogP contribution in [-0.4, -0.2) is 26.1 Å². The maximum absolute atomic E-state index is 13.3. The van der Waals surface area contributed by atoms with E-state index in [1.807, 2.05) is 24.3 Å². The summed E-state index contributed by atoms with van der Waals surface area (Å²) >= 11 is 0. The van der Waals surface area contributed by atoms with E-state index in [4.69, 9.17) is 4.74 Å². The predicted octanol–water partition coefficient (Wildman–Crippen LogP) is 3.04. The number of carbonyl (C=O) groups is 1. The Morgan fingerprint density at radius 2 is 1.80 bits per heavy atom. The van der Waals surface area contributed by atoms with Crippen LogP contribution in [0.4, 0.5) is 4.39 Å². The average molecular weight is 342 g/mol. The number of amides is 1. The number of halogens is 1. The molecular weight excluding hydrogens is 319 g/mol. The first-order chi connectivity index (χ1) is 12.2. The SMILES string of the molecule is COc1ccc(C(NC(=O)C2CCCNC2)c2ccc(F)cc2)cc1. The molecule has 0 aromatic heterocycles. The second-order valence-electron chi connectivity index (χ2n) is 6.31. The fraction of sp³-hybridized carbons (Fsp3) is 0.350. The van der Waals surface area contributed by atoms with Gasteiger partial charge in [0.05, 0.1) is 19.1 Å². The zero-order valence-electron chi connectivity index (χ0n) is 14.3. The van der Waals surface area contributed by atoms with E-state index in [1.54, 1.807) is 19.2 Å². The molecule has 3 rings (SSSR count). The lowest BCUT2D eigenvalue weighted by molar-refractivity contribution is -0.126.